The number of aromatic nitrogens is 1. The van der Waals surface area contributed by atoms with Crippen molar-refractivity contribution in [2.45, 2.75) is 6.92 Å². The minimum atomic E-state index is 0.627. The fraction of sp³-hybridized carbons (Fsp3) is 0.222. The summed E-state index contributed by atoms with van der Waals surface area (Å²) in [5.74, 6) is 0. The van der Waals surface area contributed by atoms with Crippen LogP contribution in [0.2, 0.25) is 0 Å². The normalized spacial score (nSPS) is 10.6. The number of nitrogens with one attached hydrogen (secondary N) is 1. The largest absolute Gasteiger partial charge is 0.388 e. The zero-order chi connectivity index (χ0) is 9.42. The van der Waals surface area contributed by atoms with Crippen molar-refractivity contribution in [2.24, 2.45) is 0 Å². The molecule has 0 saturated heterocycles. The van der Waals surface area contributed by atoms with Crippen LogP contribution in [0.25, 0.3) is 10.2 Å². The lowest BCUT2D eigenvalue weighted by Crippen LogP contribution is -1.90. The van der Waals surface area contributed by atoms with Gasteiger partial charge >= 0.3 is 0 Å². The van der Waals surface area contributed by atoms with Gasteiger partial charge in [0, 0.05) is 12.7 Å². The summed E-state index contributed by atoms with van der Waals surface area (Å²) in [6.45, 7) is 2.07. The summed E-state index contributed by atoms with van der Waals surface area (Å²) in [5.41, 5.74) is 8.92. The number of fused-ring (bicyclic) bond motifs is 1. The Morgan fingerprint density at radius 2 is 2.23 bits per heavy atom. The number of anilines is 2. The molecular formula is C9H11N3S. The summed E-state index contributed by atoms with van der Waals surface area (Å²) in [6.07, 6.45) is 0. The molecule has 3 nitrogen and oxygen atoms in total. The summed E-state index contributed by atoms with van der Waals surface area (Å²) in [6, 6.07) is 4.13. The second-order valence-electron chi connectivity index (χ2n) is 2.94. The van der Waals surface area contributed by atoms with E-state index < -0.39 is 0 Å². The predicted octanol–water partition coefficient (Wildman–Crippen LogP) is 2.23. The van der Waals surface area contributed by atoms with Gasteiger partial charge < -0.3 is 11.1 Å². The Bertz CT molecular complexity index is 447. The average Bonchev–Trinajstić information content (AvgIpc) is 2.42. The van der Waals surface area contributed by atoms with E-state index in [1.54, 1.807) is 0 Å². The Labute approximate surface area is 80.6 Å². The molecule has 1 aromatic carbocycles. The lowest BCUT2D eigenvalue weighted by atomic mass is 10.2. The molecule has 0 bridgehead atoms. The van der Waals surface area contributed by atoms with Gasteiger partial charge in [-0.05, 0) is 24.6 Å². The van der Waals surface area contributed by atoms with Gasteiger partial charge in [0.15, 0.2) is 5.13 Å². The number of nitrogens with two attached hydrogens (primary N) is 1. The summed E-state index contributed by atoms with van der Waals surface area (Å²) in [7, 11) is 1.91. The van der Waals surface area contributed by atoms with Crippen molar-refractivity contribution in [3.05, 3.63) is 17.7 Å². The van der Waals surface area contributed by atoms with E-state index in [1.807, 2.05) is 13.1 Å². The van der Waals surface area contributed by atoms with Crippen LogP contribution < -0.4 is 11.1 Å². The van der Waals surface area contributed by atoms with E-state index >= 15 is 0 Å². The number of aryl methyl sites for hydroxylation is 1. The fourth-order valence-corrected chi connectivity index (χ4v) is 2.18. The summed E-state index contributed by atoms with van der Waals surface area (Å²) >= 11 is 1.52. The van der Waals surface area contributed by atoms with Crippen molar-refractivity contribution in [3.8, 4) is 0 Å². The molecule has 0 amide bonds. The minimum absolute atomic E-state index is 0.627. The molecule has 0 atom stereocenters. The molecule has 2 rings (SSSR count). The van der Waals surface area contributed by atoms with Crippen LogP contribution in [0.1, 0.15) is 5.56 Å². The monoisotopic (exact) mass is 193 g/mol. The topological polar surface area (TPSA) is 50.9 Å². The van der Waals surface area contributed by atoms with E-state index in [2.05, 4.69) is 23.3 Å². The Kier molecular flexibility index (Phi) is 1.84. The van der Waals surface area contributed by atoms with Crippen molar-refractivity contribution in [2.75, 3.05) is 18.1 Å². The molecule has 0 saturated carbocycles. The molecule has 0 spiro atoms. The van der Waals surface area contributed by atoms with E-state index in [1.165, 1.54) is 16.9 Å². The van der Waals surface area contributed by atoms with Gasteiger partial charge in [-0.25, -0.2) is 4.98 Å². The minimum Gasteiger partial charge on any atom is -0.388 e. The molecule has 68 valence electrons. The quantitative estimate of drug-likeness (QED) is 0.730. The molecule has 1 aromatic heterocycles. The van der Waals surface area contributed by atoms with Crippen LogP contribution in [-0.2, 0) is 0 Å². The van der Waals surface area contributed by atoms with E-state index in [9.17, 15) is 0 Å². The molecule has 2 aromatic rings. The summed E-state index contributed by atoms with van der Waals surface area (Å²) in [5, 5.41) is 3.75. The van der Waals surface area contributed by atoms with Gasteiger partial charge in [0.05, 0.1) is 10.2 Å². The highest BCUT2D eigenvalue weighted by Gasteiger charge is 2.04. The Balaban J connectivity index is 2.72. The summed E-state index contributed by atoms with van der Waals surface area (Å²) in [4.78, 5) is 4.22. The first-order valence-corrected chi connectivity index (χ1v) is 4.87. The fourth-order valence-electron chi connectivity index (χ4n) is 1.36. The van der Waals surface area contributed by atoms with Gasteiger partial charge in [-0.2, -0.15) is 0 Å². The van der Waals surface area contributed by atoms with Gasteiger partial charge in [0.1, 0.15) is 0 Å². The molecule has 0 fully saturated rings. The Morgan fingerprint density at radius 1 is 1.46 bits per heavy atom. The van der Waals surface area contributed by atoms with Crippen molar-refractivity contribution in [1.82, 2.24) is 4.98 Å². The number of thiazole rings is 1. The molecule has 4 heteroatoms. The van der Waals surface area contributed by atoms with Crippen LogP contribution in [0.4, 0.5) is 10.8 Å². The summed E-state index contributed by atoms with van der Waals surface area (Å²) < 4.78 is 1.15. The standard InChI is InChI=1S/C9H11N3S/c1-5-3-8-7(4-6(5)11-2)12-9(10)13-8/h3-4,11H,1-2H3,(H2,10,12). The number of rotatable bonds is 1. The van der Waals surface area contributed by atoms with Crippen LogP contribution >= 0.6 is 11.3 Å². The average molecular weight is 193 g/mol. The molecular weight excluding hydrogens is 182 g/mol. The van der Waals surface area contributed by atoms with Gasteiger partial charge in [0.25, 0.3) is 0 Å². The molecule has 0 aliphatic rings. The number of hydrogen-bond acceptors (Lipinski definition) is 4. The van der Waals surface area contributed by atoms with Crippen molar-refractivity contribution in [3.63, 3.8) is 0 Å². The first-order chi connectivity index (χ1) is 6.20. The van der Waals surface area contributed by atoms with E-state index in [4.69, 9.17) is 5.73 Å². The van der Waals surface area contributed by atoms with Crippen molar-refractivity contribution < 1.29 is 0 Å². The van der Waals surface area contributed by atoms with E-state index in [0.29, 0.717) is 5.13 Å². The first kappa shape index (κ1) is 8.31. The van der Waals surface area contributed by atoms with Crippen LogP contribution in [0.15, 0.2) is 12.1 Å². The number of benzene rings is 1. The second-order valence-corrected chi connectivity index (χ2v) is 4.00. The zero-order valence-electron chi connectivity index (χ0n) is 7.59. The maximum Gasteiger partial charge on any atom is 0.181 e. The highest BCUT2D eigenvalue weighted by molar-refractivity contribution is 7.22. The third kappa shape index (κ3) is 1.33. The molecule has 0 unspecified atom stereocenters. The van der Waals surface area contributed by atoms with Gasteiger partial charge in [-0.3, -0.25) is 0 Å². The maximum absolute atomic E-state index is 5.62. The van der Waals surface area contributed by atoms with Crippen LogP contribution in [0.3, 0.4) is 0 Å². The predicted molar refractivity (Wildman–Crippen MR) is 58.3 cm³/mol. The molecule has 1 heterocycles. The van der Waals surface area contributed by atoms with Gasteiger partial charge in [-0.1, -0.05) is 11.3 Å². The number of nitrogen functional groups attached to an aromatic ring is 1. The maximum atomic E-state index is 5.62. The third-order valence-corrected chi connectivity index (χ3v) is 2.87. The Morgan fingerprint density at radius 3 is 2.92 bits per heavy atom. The molecule has 0 aliphatic heterocycles. The smallest absolute Gasteiger partial charge is 0.181 e. The van der Waals surface area contributed by atoms with Crippen molar-refractivity contribution in [1.29, 1.82) is 0 Å². The molecule has 0 aliphatic carbocycles. The van der Waals surface area contributed by atoms with Gasteiger partial charge in [0.2, 0.25) is 0 Å². The van der Waals surface area contributed by atoms with Crippen LogP contribution in [0.5, 0.6) is 0 Å². The Hall–Kier alpha value is -1.29. The van der Waals surface area contributed by atoms with E-state index in [0.717, 1.165) is 15.9 Å². The SMILES string of the molecule is CNc1cc2nc(N)sc2cc1C. The zero-order valence-corrected chi connectivity index (χ0v) is 8.40. The highest BCUT2D eigenvalue weighted by atomic mass is 32.1. The van der Waals surface area contributed by atoms with Crippen LogP contribution in [0, 0.1) is 6.92 Å². The van der Waals surface area contributed by atoms with E-state index in [-0.39, 0.29) is 0 Å². The third-order valence-electron chi connectivity index (χ3n) is 2.02. The second kappa shape index (κ2) is 2.88. The molecule has 3 N–H and O–H groups in total. The molecule has 0 radical (unpaired) electrons. The van der Waals surface area contributed by atoms with Crippen molar-refractivity contribution >= 4 is 32.4 Å². The lowest BCUT2D eigenvalue weighted by Gasteiger charge is -2.03. The highest BCUT2D eigenvalue weighted by Crippen LogP contribution is 2.28. The van der Waals surface area contributed by atoms with Crippen LogP contribution in [-0.4, -0.2) is 12.0 Å². The lowest BCUT2D eigenvalue weighted by molar-refractivity contribution is 1.41. The number of nitrogens with zero attached hydrogens (tertiary/aromatic N) is 1. The number of hydrogen-bond donors (Lipinski definition) is 2. The first-order valence-electron chi connectivity index (χ1n) is 4.05. The van der Waals surface area contributed by atoms with Gasteiger partial charge in [-0.15, -0.1) is 0 Å². The molecule has 13 heavy (non-hydrogen) atoms.